The summed E-state index contributed by atoms with van der Waals surface area (Å²) in [5.41, 5.74) is 0. The van der Waals surface area contributed by atoms with Crippen LogP contribution >= 0.6 is 0 Å². The van der Waals surface area contributed by atoms with Gasteiger partial charge in [0.05, 0.1) is 29.8 Å². The minimum Gasteiger partial charge on any atom is -0.467 e. The van der Waals surface area contributed by atoms with Crippen LogP contribution in [0.4, 0.5) is 4.39 Å². The molecule has 0 aliphatic carbocycles. The number of amides is 1. The number of nitrogens with one attached hydrogen (secondary N) is 3. The summed E-state index contributed by atoms with van der Waals surface area (Å²) in [7, 11) is -4.04. The molecule has 1 aliphatic heterocycles. The zero-order valence-electron chi connectivity index (χ0n) is 19.0. The molecule has 9 nitrogen and oxygen atoms in total. The Kier molecular flexibility index (Phi) is 9.34. The molecule has 3 rings (SSSR count). The second-order valence-electron chi connectivity index (χ2n) is 8.08. The highest BCUT2D eigenvalue weighted by Gasteiger charge is 2.30. The van der Waals surface area contributed by atoms with Gasteiger partial charge in [0.15, 0.2) is 5.78 Å². The van der Waals surface area contributed by atoms with Crippen molar-refractivity contribution in [2.24, 2.45) is 0 Å². The third kappa shape index (κ3) is 7.20. The van der Waals surface area contributed by atoms with Gasteiger partial charge in [0.1, 0.15) is 17.6 Å². The van der Waals surface area contributed by atoms with Crippen molar-refractivity contribution in [3.05, 3.63) is 54.2 Å². The van der Waals surface area contributed by atoms with Gasteiger partial charge >= 0.3 is 0 Å². The molecule has 1 amide bonds. The van der Waals surface area contributed by atoms with E-state index >= 15 is 0 Å². The van der Waals surface area contributed by atoms with Gasteiger partial charge in [0.2, 0.25) is 15.9 Å². The largest absolute Gasteiger partial charge is 0.467 e. The van der Waals surface area contributed by atoms with Gasteiger partial charge in [-0.05, 0) is 55.7 Å². The Balaban J connectivity index is 1.67. The van der Waals surface area contributed by atoms with E-state index in [1.807, 2.05) is 6.92 Å². The van der Waals surface area contributed by atoms with E-state index in [2.05, 4.69) is 15.4 Å². The quantitative estimate of drug-likeness (QED) is 0.388. The highest BCUT2D eigenvalue weighted by atomic mass is 32.2. The summed E-state index contributed by atoms with van der Waals surface area (Å²) < 4.78 is 51.3. The lowest BCUT2D eigenvalue weighted by Gasteiger charge is -2.24. The van der Waals surface area contributed by atoms with Gasteiger partial charge in [-0.2, -0.15) is 0 Å². The molecule has 2 heterocycles. The number of ether oxygens (including phenoxy) is 1. The van der Waals surface area contributed by atoms with Crippen LogP contribution in [0, 0.1) is 5.82 Å². The van der Waals surface area contributed by atoms with Gasteiger partial charge in [-0.3, -0.25) is 14.9 Å². The fourth-order valence-corrected chi connectivity index (χ4v) is 4.67. The van der Waals surface area contributed by atoms with Crippen LogP contribution in [0.25, 0.3) is 0 Å². The Hall–Kier alpha value is -2.60. The van der Waals surface area contributed by atoms with Crippen molar-refractivity contribution >= 4 is 21.7 Å². The van der Waals surface area contributed by atoms with E-state index in [1.54, 1.807) is 12.1 Å². The molecule has 1 aromatic heterocycles. The fraction of sp³-hybridized carbons (Fsp3) is 0.478. The van der Waals surface area contributed by atoms with Crippen LogP contribution in [0.3, 0.4) is 0 Å². The third-order valence-corrected chi connectivity index (χ3v) is 6.92. The van der Waals surface area contributed by atoms with Crippen LogP contribution in [0.2, 0.25) is 0 Å². The molecule has 1 aliphatic rings. The first-order chi connectivity index (χ1) is 16.3. The van der Waals surface area contributed by atoms with Crippen molar-refractivity contribution in [2.75, 3.05) is 19.7 Å². The van der Waals surface area contributed by atoms with E-state index in [9.17, 15) is 22.4 Å². The standard InChI is InChI=1S/C23H30FN3O6S/c1-2-5-19(23(29)25-14-17-6-3-12-32-17)27-22(21-7-4-13-33-21)20(28)15-26-34(30,31)18-10-8-16(24)9-11-18/h4,7-11,13,17,19,22,26-27H,2-3,5-6,12,14-15H2,1H3,(H,25,29). The van der Waals surface area contributed by atoms with E-state index in [1.165, 1.54) is 6.26 Å². The fourth-order valence-electron chi connectivity index (χ4n) is 3.68. The van der Waals surface area contributed by atoms with Gasteiger partial charge in [-0.25, -0.2) is 17.5 Å². The Bertz CT molecular complexity index is 1040. The predicted molar refractivity (Wildman–Crippen MR) is 122 cm³/mol. The summed E-state index contributed by atoms with van der Waals surface area (Å²) in [6, 6.07) is 5.71. The number of hydrogen-bond donors (Lipinski definition) is 3. The Morgan fingerprint density at radius 3 is 2.59 bits per heavy atom. The van der Waals surface area contributed by atoms with Crippen LogP contribution in [0.1, 0.15) is 44.4 Å². The third-order valence-electron chi connectivity index (χ3n) is 5.50. The van der Waals surface area contributed by atoms with E-state index < -0.39 is 40.3 Å². The second-order valence-corrected chi connectivity index (χ2v) is 9.85. The summed E-state index contributed by atoms with van der Waals surface area (Å²) >= 11 is 0. The predicted octanol–water partition coefficient (Wildman–Crippen LogP) is 2.06. The average molecular weight is 496 g/mol. The number of sulfonamides is 1. The molecule has 1 saturated heterocycles. The lowest BCUT2D eigenvalue weighted by molar-refractivity contribution is -0.125. The summed E-state index contributed by atoms with van der Waals surface area (Å²) in [5, 5.41) is 5.91. The summed E-state index contributed by atoms with van der Waals surface area (Å²) in [6.45, 7) is 2.44. The Labute approximate surface area is 198 Å². The van der Waals surface area contributed by atoms with Crippen LogP contribution < -0.4 is 15.4 Å². The van der Waals surface area contributed by atoms with Crippen LogP contribution in [-0.2, 0) is 24.3 Å². The van der Waals surface area contributed by atoms with Crippen molar-refractivity contribution in [3.63, 3.8) is 0 Å². The Morgan fingerprint density at radius 2 is 1.97 bits per heavy atom. The lowest BCUT2D eigenvalue weighted by atomic mass is 10.1. The number of Topliss-reactive ketones (excluding diaryl/α,β-unsaturated/α-hetero) is 1. The average Bonchev–Trinajstić information content (AvgIpc) is 3.53. The van der Waals surface area contributed by atoms with E-state index in [-0.39, 0.29) is 22.7 Å². The Morgan fingerprint density at radius 1 is 1.21 bits per heavy atom. The van der Waals surface area contributed by atoms with E-state index in [4.69, 9.17) is 9.15 Å². The molecular formula is C23H30FN3O6S. The maximum absolute atomic E-state index is 13.1. The highest BCUT2D eigenvalue weighted by Crippen LogP contribution is 2.18. The van der Waals surface area contributed by atoms with Crippen molar-refractivity contribution in [2.45, 2.75) is 55.7 Å². The first-order valence-electron chi connectivity index (χ1n) is 11.3. The SMILES string of the molecule is CCCC(NC(C(=O)CNS(=O)(=O)c1ccc(F)cc1)c1ccco1)C(=O)NCC1CCCO1. The summed E-state index contributed by atoms with van der Waals surface area (Å²) in [6.07, 6.45) is 4.36. The maximum Gasteiger partial charge on any atom is 0.240 e. The van der Waals surface area contributed by atoms with E-state index in [0.29, 0.717) is 26.0 Å². The topological polar surface area (TPSA) is 127 Å². The maximum atomic E-state index is 13.1. The first-order valence-corrected chi connectivity index (χ1v) is 12.7. The molecule has 1 aromatic carbocycles. The highest BCUT2D eigenvalue weighted by molar-refractivity contribution is 7.89. The monoisotopic (exact) mass is 495 g/mol. The van der Waals surface area contributed by atoms with Crippen molar-refractivity contribution in [1.29, 1.82) is 0 Å². The van der Waals surface area contributed by atoms with E-state index in [0.717, 1.165) is 37.1 Å². The van der Waals surface area contributed by atoms with Crippen molar-refractivity contribution < 1.29 is 31.6 Å². The van der Waals surface area contributed by atoms with Gasteiger partial charge in [-0.15, -0.1) is 0 Å². The molecule has 3 N–H and O–H groups in total. The molecule has 0 radical (unpaired) electrons. The molecule has 2 aromatic rings. The van der Waals surface area contributed by atoms with Gasteiger partial charge < -0.3 is 14.5 Å². The number of carbonyl (C=O) groups is 2. The zero-order valence-corrected chi connectivity index (χ0v) is 19.8. The second kappa shape index (κ2) is 12.2. The number of ketones is 1. The van der Waals surface area contributed by atoms with Crippen LogP contribution in [-0.4, -0.2) is 52.0 Å². The van der Waals surface area contributed by atoms with Crippen molar-refractivity contribution in [3.8, 4) is 0 Å². The van der Waals surface area contributed by atoms with Gasteiger partial charge in [0.25, 0.3) is 0 Å². The van der Waals surface area contributed by atoms with Crippen LogP contribution in [0.5, 0.6) is 0 Å². The minimum absolute atomic E-state index is 0.0189. The summed E-state index contributed by atoms with van der Waals surface area (Å²) in [5.74, 6) is -1.11. The number of rotatable bonds is 13. The van der Waals surface area contributed by atoms with Gasteiger partial charge in [0, 0.05) is 13.2 Å². The van der Waals surface area contributed by atoms with Crippen LogP contribution in [0.15, 0.2) is 52.0 Å². The molecule has 34 heavy (non-hydrogen) atoms. The van der Waals surface area contributed by atoms with Gasteiger partial charge in [-0.1, -0.05) is 13.3 Å². The first kappa shape index (κ1) is 26.0. The number of halogens is 1. The molecule has 0 spiro atoms. The molecule has 0 bridgehead atoms. The molecule has 1 fully saturated rings. The molecule has 11 heteroatoms. The number of benzene rings is 1. The smallest absolute Gasteiger partial charge is 0.240 e. The molecule has 0 saturated carbocycles. The normalized spacial score (nSPS) is 17.9. The lowest BCUT2D eigenvalue weighted by Crippen LogP contribution is -2.49. The number of furan rings is 1. The van der Waals surface area contributed by atoms with Crippen molar-refractivity contribution in [1.82, 2.24) is 15.4 Å². The molecule has 186 valence electrons. The summed E-state index contributed by atoms with van der Waals surface area (Å²) in [4.78, 5) is 25.7. The number of carbonyl (C=O) groups excluding carboxylic acids is 2. The molecule has 3 unspecified atom stereocenters. The number of hydrogen-bond acceptors (Lipinski definition) is 7. The molecule has 3 atom stereocenters. The minimum atomic E-state index is -4.04. The molecular weight excluding hydrogens is 465 g/mol. The zero-order chi connectivity index (χ0) is 24.6.